The summed E-state index contributed by atoms with van der Waals surface area (Å²) in [5, 5.41) is 2.68. The van der Waals surface area contributed by atoms with Crippen LogP contribution in [0.3, 0.4) is 0 Å². The Morgan fingerprint density at radius 3 is 2.75 bits per heavy atom. The molecular weight excluding hydrogens is 372 g/mol. The number of hydrogen-bond acceptors (Lipinski definition) is 6. The molecule has 2 aliphatic heterocycles. The summed E-state index contributed by atoms with van der Waals surface area (Å²) in [6.45, 7) is 6.37. The number of likely N-dealkylation sites (tertiary alicyclic amines) is 1. The van der Waals surface area contributed by atoms with Crippen molar-refractivity contribution < 1.29 is 9.53 Å². The second-order valence-electron chi connectivity index (χ2n) is 7.93. The zero-order valence-electron chi connectivity index (χ0n) is 16.3. The highest BCUT2D eigenvalue weighted by molar-refractivity contribution is 7.13. The fourth-order valence-corrected chi connectivity index (χ4v) is 4.91. The van der Waals surface area contributed by atoms with Crippen LogP contribution in [-0.4, -0.2) is 65.1 Å². The zero-order valence-corrected chi connectivity index (χ0v) is 17.2. The number of piperidine rings is 1. The lowest BCUT2D eigenvalue weighted by molar-refractivity contribution is -0.161. The average Bonchev–Trinajstić information content (AvgIpc) is 3.12. The summed E-state index contributed by atoms with van der Waals surface area (Å²) in [5.41, 5.74) is 7.33. The van der Waals surface area contributed by atoms with Crippen molar-refractivity contribution in [1.82, 2.24) is 14.8 Å². The molecular formula is C21H28N4O2S. The van der Waals surface area contributed by atoms with Gasteiger partial charge in [-0.15, -0.1) is 11.3 Å². The van der Waals surface area contributed by atoms with Crippen molar-refractivity contribution in [2.45, 2.75) is 37.9 Å². The Balaban J connectivity index is 1.35. The fourth-order valence-electron chi connectivity index (χ4n) is 4.31. The number of benzene rings is 1. The van der Waals surface area contributed by atoms with E-state index >= 15 is 0 Å². The van der Waals surface area contributed by atoms with Crippen molar-refractivity contribution in [3.63, 3.8) is 0 Å². The largest absolute Gasteiger partial charge is 0.375 e. The molecule has 4 rings (SSSR count). The summed E-state index contributed by atoms with van der Waals surface area (Å²) >= 11 is 1.50. The van der Waals surface area contributed by atoms with E-state index in [0.717, 1.165) is 50.2 Å². The first-order valence-corrected chi connectivity index (χ1v) is 10.9. The van der Waals surface area contributed by atoms with Gasteiger partial charge in [-0.1, -0.05) is 18.2 Å². The molecule has 1 atom stereocenters. The summed E-state index contributed by atoms with van der Waals surface area (Å²) < 4.78 is 6.40. The molecule has 7 heteroatoms. The minimum Gasteiger partial charge on any atom is -0.375 e. The molecule has 1 aromatic carbocycles. The SMILES string of the molecule is CC1CN(C(=O)c2ccccc2)CC2(CCN(CCc3csc(N)n3)CC2)O1. The van der Waals surface area contributed by atoms with Crippen LogP contribution in [0.2, 0.25) is 0 Å². The minimum atomic E-state index is -0.219. The number of carbonyl (C=O) groups is 1. The van der Waals surface area contributed by atoms with Gasteiger partial charge in [0.1, 0.15) is 0 Å². The van der Waals surface area contributed by atoms with Crippen LogP contribution in [0.4, 0.5) is 5.13 Å². The number of aromatic nitrogens is 1. The van der Waals surface area contributed by atoms with Gasteiger partial charge in [-0.05, 0) is 31.9 Å². The molecule has 0 bridgehead atoms. The molecule has 1 unspecified atom stereocenters. The molecule has 1 aromatic heterocycles. The van der Waals surface area contributed by atoms with E-state index in [1.807, 2.05) is 40.6 Å². The molecule has 2 N–H and O–H groups in total. The van der Waals surface area contributed by atoms with Crippen molar-refractivity contribution in [2.24, 2.45) is 0 Å². The van der Waals surface area contributed by atoms with Crippen LogP contribution in [0.1, 0.15) is 35.8 Å². The van der Waals surface area contributed by atoms with Crippen LogP contribution in [-0.2, 0) is 11.2 Å². The number of thiazole rings is 1. The number of nitrogen functional groups attached to an aromatic ring is 1. The Labute approximate surface area is 170 Å². The first-order valence-electron chi connectivity index (χ1n) is 9.97. The molecule has 0 saturated carbocycles. The second kappa shape index (κ2) is 8.19. The van der Waals surface area contributed by atoms with Gasteiger partial charge in [0.05, 0.1) is 23.9 Å². The van der Waals surface area contributed by atoms with Gasteiger partial charge in [-0.25, -0.2) is 4.98 Å². The third-order valence-corrected chi connectivity index (χ3v) is 6.46. The van der Waals surface area contributed by atoms with Gasteiger partial charge in [0.2, 0.25) is 0 Å². The summed E-state index contributed by atoms with van der Waals surface area (Å²) in [6, 6.07) is 9.56. The average molecular weight is 401 g/mol. The number of nitrogens with zero attached hydrogens (tertiary/aromatic N) is 3. The molecule has 2 aliphatic rings. The maximum atomic E-state index is 12.9. The van der Waals surface area contributed by atoms with Crippen LogP contribution in [0.5, 0.6) is 0 Å². The van der Waals surface area contributed by atoms with Crippen molar-refractivity contribution >= 4 is 22.4 Å². The van der Waals surface area contributed by atoms with Gasteiger partial charge in [0.25, 0.3) is 5.91 Å². The van der Waals surface area contributed by atoms with E-state index in [4.69, 9.17) is 10.5 Å². The lowest BCUT2D eigenvalue weighted by Gasteiger charge is -2.49. The number of ether oxygens (including phenoxy) is 1. The monoisotopic (exact) mass is 400 g/mol. The number of morpholine rings is 1. The fraction of sp³-hybridized carbons (Fsp3) is 0.524. The van der Waals surface area contributed by atoms with Crippen LogP contribution in [0.15, 0.2) is 35.7 Å². The third kappa shape index (κ3) is 4.37. The Kier molecular flexibility index (Phi) is 5.66. The maximum Gasteiger partial charge on any atom is 0.254 e. The molecule has 1 spiro atoms. The topological polar surface area (TPSA) is 71.7 Å². The highest BCUT2D eigenvalue weighted by Crippen LogP contribution is 2.33. The third-order valence-electron chi connectivity index (χ3n) is 5.74. The normalized spacial score (nSPS) is 22.5. The van der Waals surface area contributed by atoms with Crippen LogP contribution in [0, 0.1) is 0 Å². The van der Waals surface area contributed by atoms with E-state index in [1.54, 1.807) is 0 Å². The maximum absolute atomic E-state index is 12.9. The van der Waals surface area contributed by atoms with E-state index in [9.17, 15) is 4.79 Å². The Bertz CT molecular complexity index is 802. The van der Waals surface area contributed by atoms with Gasteiger partial charge in [-0.2, -0.15) is 0 Å². The van der Waals surface area contributed by atoms with E-state index in [-0.39, 0.29) is 17.6 Å². The highest BCUT2D eigenvalue weighted by Gasteiger charge is 2.43. The van der Waals surface area contributed by atoms with E-state index in [2.05, 4.69) is 16.8 Å². The summed E-state index contributed by atoms with van der Waals surface area (Å²) in [7, 11) is 0. The zero-order chi connectivity index (χ0) is 19.6. The Morgan fingerprint density at radius 2 is 2.07 bits per heavy atom. The number of rotatable bonds is 4. The van der Waals surface area contributed by atoms with Crippen molar-refractivity contribution in [3.05, 3.63) is 47.0 Å². The van der Waals surface area contributed by atoms with Gasteiger partial charge >= 0.3 is 0 Å². The molecule has 3 heterocycles. The van der Waals surface area contributed by atoms with E-state index in [0.29, 0.717) is 18.2 Å². The summed E-state index contributed by atoms with van der Waals surface area (Å²) in [5.74, 6) is 0.110. The first-order chi connectivity index (χ1) is 13.5. The number of hydrogen-bond donors (Lipinski definition) is 1. The predicted molar refractivity (Wildman–Crippen MR) is 112 cm³/mol. The molecule has 6 nitrogen and oxygen atoms in total. The van der Waals surface area contributed by atoms with Gasteiger partial charge in [0, 0.05) is 43.5 Å². The van der Waals surface area contributed by atoms with Gasteiger partial charge < -0.3 is 20.3 Å². The summed E-state index contributed by atoms with van der Waals surface area (Å²) in [4.78, 5) is 21.7. The Morgan fingerprint density at radius 1 is 1.32 bits per heavy atom. The van der Waals surface area contributed by atoms with Crippen LogP contribution < -0.4 is 5.73 Å². The van der Waals surface area contributed by atoms with Crippen LogP contribution in [0.25, 0.3) is 0 Å². The standard InChI is InChI=1S/C21H28N4O2S/c1-16-13-25(19(26)17-5-3-2-4-6-17)15-21(27-16)8-11-24(12-9-21)10-7-18-14-28-20(22)23-18/h2-6,14,16H,7-13,15H2,1H3,(H2,22,23). The summed E-state index contributed by atoms with van der Waals surface area (Å²) in [6.07, 6.45) is 2.90. The smallest absolute Gasteiger partial charge is 0.254 e. The molecule has 28 heavy (non-hydrogen) atoms. The number of carbonyl (C=O) groups excluding carboxylic acids is 1. The molecule has 2 fully saturated rings. The molecule has 2 aromatic rings. The highest BCUT2D eigenvalue weighted by atomic mass is 32.1. The lowest BCUT2D eigenvalue weighted by atomic mass is 9.88. The first kappa shape index (κ1) is 19.4. The molecule has 2 saturated heterocycles. The van der Waals surface area contributed by atoms with Gasteiger partial charge in [0.15, 0.2) is 5.13 Å². The van der Waals surface area contributed by atoms with Crippen LogP contribution >= 0.6 is 11.3 Å². The number of nitrogens with two attached hydrogens (primary N) is 1. The minimum absolute atomic E-state index is 0.0611. The second-order valence-corrected chi connectivity index (χ2v) is 8.82. The van der Waals surface area contributed by atoms with E-state index in [1.165, 1.54) is 11.3 Å². The molecule has 150 valence electrons. The lowest BCUT2D eigenvalue weighted by Crippen LogP contribution is -2.60. The number of anilines is 1. The van der Waals surface area contributed by atoms with Gasteiger partial charge in [-0.3, -0.25) is 4.79 Å². The van der Waals surface area contributed by atoms with Crippen molar-refractivity contribution in [1.29, 1.82) is 0 Å². The van der Waals surface area contributed by atoms with Crippen molar-refractivity contribution in [2.75, 3.05) is 38.5 Å². The quantitative estimate of drug-likeness (QED) is 0.854. The predicted octanol–water partition coefficient (Wildman–Crippen LogP) is 2.66. The molecule has 0 radical (unpaired) electrons. The number of amides is 1. The molecule has 0 aliphatic carbocycles. The van der Waals surface area contributed by atoms with Crippen molar-refractivity contribution in [3.8, 4) is 0 Å². The Hall–Kier alpha value is -1.96. The van der Waals surface area contributed by atoms with E-state index < -0.39 is 0 Å². The molecule has 1 amide bonds.